The van der Waals surface area contributed by atoms with Gasteiger partial charge in [0.15, 0.2) is 5.78 Å². The van der Waals surface area contributed by atoms with Gasteiger partial charge in [0.25, 0.3) is 17.7 Å². The summed E-state index contributed by atoms with van der Waals surface area (Å²) in [6.07, 6.45) is 24.4. The molecular formula is C107H139N17O21. The molecule has 6 amide bonds. The van der Waals surface area contributed by atoms with E-state index in [9.17, 15) is 57.5 Å². The number of carboxylic acid groups (broad SMARTS) is 3. The zero-order valence-corrected chi connectivity index (χ0v) is 83.0. The second-order valence-electron chi connectivity index (χ2n) is 42.2. The number of Topliss-reactive ketones (excluding diaryl/α,β-unsaturated/α-hetero) is 1. The molecule has 8 aromatic rings. The third-order valence-corrected chi connectivity index (χ3v) is 29.8. The van der Waals surface area contributed by atoms with Crippen molar-refractivity contribution in [2.45, 2.75) is 198 Å². The van der Waals surface area contributed by atoms with Crippen molar-refractivity contribution in [2.75, 3.05) is 111 Å². The van der Waals surface area contributed by atoms with E-state index in [0.717, 1.165) is 169 Å². The van der Waals surface area contributed by atoms with E-state index in [1.807, 2.05) is 121 Å². The second kappa shape index (κ2) is 51.3. The molecule has 778 valence electrons. The fraction of sp³-hybridized carbons (Fsp3) is 0.561. The number of aldehydes is 1. The fourth-order valence-electron chi connectivity index (χ4n) is 18.9. The molecule has 0 bridgehead atoms. The van der Waals surface area contributed by atoms with Crippen molar-refractivity contribution in [3.63, 3.8) is 0 Å². The Morgan fingerprint density at radius 2 is 0.807 bits per heavy atom. The average Bonchev–Trinajstić information content (AvgIpc) is 1.66. The van der Waals surface area contributed by atoms with Gasteiger partial charge in [-0.15, -0.1) is 10.2 Å². The highest BCUT2D eigenvalue weighted by Crippen LogP contribution is 2.41. The van der Waals surface area contributed by atoms with Gasteiger partial charge >= 0.3 is 30.0 Å². The Hall–Kier alpha value is -12.8. The molecule has 6 saturated heterocycles. The maximum atomic E-state index is 12.5. The molecule has 0 unspecified atom stereocenters. The van der Waals surface area contributed by atoms with E-state index in [-0.39, 0.29) is 138 Å². The minimum atomic E-state index is -0.857. The number of esters is 1. The number of carbonyl (C=O) groups excluding carboxylic acids is 9. The van der Waals surface area contributed by atoms with Crippen molar-refractivity contribution >= 4 is 71.6 Å². The van der Waals surface area contributed by atoms with Crippen LogP contribution in [0.3, 0.4) is 0 Å². The average molecular weight is 2000 g/mol. The molecule has 38 heteroatoms. The molecule has 11 N–H and O–H groups in total. The molecule has 0 spiro atoms. The molecule has 0 radical (unpaired) electrons. The van der Waals surface area contributed by atoms with Crippen molar-refractivity contribution < 1.29 is 100 Å². The van der Waals surface area contributed by atoms with Gasteiger partial charge in [0, 0.05) is 181 Å². The number of ketones is 1. The Labute approximate surface area is 843 Å². The normalized spacial score (nSPS) is 22.1. The molecule has 14 aliphatic rings. The predicted octanol–water partition coefficient (Wildman–Crippen LogP) is 11.2. The van der Waals surface area contributed by atoms with E-state index in [4.69, 9.17) is 48.6 Å². The van der Waals surface area contributed by atoms with E-state index in [2.05, 4.69) is 77.3 Å². The molecule has 10 heterocycles. The van der Waals surface area contributed by atoms with Crippen LogP contribution in [-0.2, 0) is 54.4 Å². The quantitative estimate of drug-likeness (QED) is 0.00634. The van der Waals surface area contributed by atoms with E-state index in [1.165, 1.54) is 94.9 Å². The second-order valence-corrected chi connectivity index (χ2v) is 42.2. The summed E-state index contributed by atoms with van der Waals surface area (Å²) in [6.45, 7) is 19.2. The number of hydrogen-bond donors (Lipinski definition) is 10. The highest BCUT2D eigenvalue weighted by molar-refractivity contribution is 5.95. The van der Waals surface area contributed by atoms with Crippen LogP contribution in [0.1, 0.15) is 216 Å². The fourth-order valence-corrected chi connectivity index (χ4v) is 18.9. The number of nitrogens with one attached hydrogen (secondary N) is 6. The molecule has 8 saturated carbocycles. The standard InChI is InChI=1S/C25H30N4O4.C24H27N5O3.C15H16N4O3.C11H13NO2.C9H15NO4.2C9H15NO2.C5H8O/c30-22(12-26-24(31)19-14-29(15-19)13-16-5-4-6-16)18-9-20(10-18)27-25(32)23-11-21(28-33-23)17-7-2-1-3-8-17;30-22(21-11-20(28-32-21)16-7-2-1-3-8-16)25-19-9-17(10-19)23-26-27-24(31-23)18-13-29(14-18)12-15-5-4-6-15;16-18-14(20)10-6-11(7-10)17-15(21)13-8-12(19-22-13)9-4-2-1-3-5-9;13-11(10-6-12-7-10)14-8-9-4-2-1-3-5-9;1-9(2,3)14-8(13)10-4-6(5-10)7(11)12;2*11-9(12)8-5-10(6-8)4-7-2-1-3-7;6-4-5-2-1-3-5/h1-3,7-8,11,16,18-20H,4-6,9-10,12-15H2,(H,26,31)(H,27,32);1-3,7-8,11,15,17-19H,4-6,9-10,12-14H2,(H,25,30);1-5,8,10-11H,6-7,16H2,(H,17,21)(H,18,20);1-5,10,12H,6-8H2;6H,4-5H2,1-3H3,(H,11,12);2*7-8H,1-6H2,(H,11,12);4-5H,1-3H2. The highest BCUT2D eigenvalue weighted by atomic mass is 16.6. The lowest BCUT2D eigenvalue weighted by Gasteiger charge is -2.42. The lowest BCUT2D eigenvalue weighted by Crippen LogP contribution is -2.56. The van der Waals surface area contributed by atoms with Crippen molar-refractivity contribution in [3.8, 4) is 33.8 Å². The predicted molar refractivity (Wildman–Crippen MR) is 530 cm³/mol. The SMILES string of the molecule is CC(C)(C)OC(=O)N1CC(C(=O)O)C1.NNC(=O)C1CC(NC(=O)c2cc(-c3ccccc3)no2)C1.O=C(NC1CC(C(=O)CNC(=O)C2CN(CC3CCC3)C2)C1)c1cc(-c2ccccc2)no1.O=C(NC1CC(c2nnc(C3CN(CC4CCC4)C3)o2)C1)c1cc(-c2ccccc2)no1.O=C(O)C1CN(CC2CCC2)C1.O=C(O)C1CN(CC2CCC2)C1.O=C(OCc1ccccc1)C1CNC1.O=CC1CCC1. The van der Waals surface area contributed by atoms with E-state index < -0.39 is 35.5 Å². The van der Waals surface area contributed by atoms with Gasteiger partial charge in [0.2, 0.25) is 40.9 Å². The van der Waals surface area contributed by atoms with Crippen LogP contribution in [0.5, 0.6) is 0 Å². The van der Waals surface area contributed by atoms with Crippen molar-refractivity contribution in [1.82, 2.24) is 82.2 Å². The van der Waals surface area contributed by atoms with Crippen LogP contribution < -0.4 is 37.9 Å². The number of hydrogen-bond acceptors (Lipinski definition) is 29. The van der Waals surface area contributed by atoms with Gasteiger partial charge in [-0.1, -0.05) is 169 Å². The first-order valence-corrected chi connectivity index (χ1v) is 51.6. The maximum absolute atomic E-state index is 12.5. The first-order valence-electron chi connectivity index (χ1n) is 51.6. The molecule has 4 aromatic heterocycles. The van der Waals surface area contributed by atoms with Crippen LogP contribution in [0.25, 0.3) is 33.8 Å². The zero-order chi connectivity index (χ0) is 102. The van der Waals surface area contributed by atoms with Gasteiger partial charge in [0.05, 0.1) is 42.1 Å². The molecule has 0 atom stereocenters. The Morgan fingerprint density at radius 1 is 0.441 bits per heavy atom. The molecular weight excluding hydrogens is 1860 g/mol. The van der Waals surface area contributed by atoms with Gasteiger partial charge in [-0.2, -0.15) is 0 Å². The van der Waals surface area contributed by atoms with Crippen LogP contribution in [0.2, 0.25) is 0 Å². The number of likely N-dealkylation sites (tertiary alicyclic amines) is 5. The van der Waals surface area contributed by atoms with Gasteiger partial charge in [-0.3, -0.25) is 53.4 Å². The minimum Gasteiger partial charge on any atom is -0.481 e. The number of nitrogens with two attached hydrogens (primary N) is 1. The largest absolute Gasteiger partial charge is 0.481 e. The number of aromatic nitrogens is 5. The third-order valence-electron chi connectivity index (χ3n) is 29.8. The molecule has 14 fully saturated rings. The lowest BCUT2D eigenvalue weighted by molar-refractivity contribution is -0.152. The van der Waals surface area contributed by atoms with E-state index >= 15 is 0 Å². The minimum absolute atomic E-state index is 0.00832. The van der Waals surface area contributed by atoms with Crippen molar-refractivity contribution in [3.05, 3.63) is 174 Å². The lowest BCUT2D eigenvalue weighted by atomic mass is 9.77. The van der Waals surface area contributed by atoms with Gasteiger partial charge in [-0.25, -0.2) is 10.6 Å². The van der Waals surface area contributed by atoms with Crippen LogP contribution in [0.4, 0.5) is 4.79 Å². The summed E-state index contributed by atoms with van der Waals surface area (Å²) < 4.78 is 31.7. The monoisotopic (exact) mass is 2000 g/mol. The topological polar surface area (TPSA) is 515 Å². The van der Waals surface area contributed by atoms with Crippen LogP contribution in [0.15, 0.2) is 158 Å². The summed E-state index contributed by atoms with van der Waals surface area (Å²) in [6, 6.07) is 43.2. The summed E-state index contributed by atoms with van der Waals surface area (Å²) in [5.41, 5.74) is 7.18. The van der Waals surface area contributed by atoms with Crippen LogP contribution in [0, 0.1) is 71.0 Å². The Kier molecular flexibility index (Phi) is 37.7. The summed E-state index contributed by atoms with van der Waals surface area (Å²) in [4.78, 5) is 148. The van der Waals surface area contributed by atoms with Crippen molar-refractivity contribution in [1.29, 1.82) is 0 Å². The van der Waals surface area contributed by atoms with Gasteiger partial charge in [0.1, 0.15) is 35.6 Å². The number of aliphatic carboxylic acids is 3. The first kappa shape index (κ1) is 107. The summed E-state index contributed by atoms with van der Waals surface area (Å²) in [7, 11) is 0. The number of amides is 6. The number of ether oxygens (including phenoxy) is 2. The maximum Gasteiger partial charge on any atom is 0.410 e. The molecule has 38 nitrogen and oxygen atoms in total. The molecule has 4 aromatic carbocycles. The highest BCUT2D eigenvalue weighted by Gasteiger charge is 2.44. The molecule has 6 aliphatic heterocycles. The summed E-state index contributed by atoms with van der Waals surface area (Å²) in [5.74, 6) is 7.52. The van der Waals surface area contributed by atoms with Crippen molar-refractivity contribution in [2.24, 2.45) is 76.9 Å². The van der Waals surface area contributed by atoms with Gasteiger partial charge in [-0.05, 0) is 153 Å². The van der Waals surface area contributed by atoms with E-state index in [1.54, 1.807) is 39.0 Å². The number of benzene rings is 4. The summed E-state index contributed by atoms with van der Waals surface area (Å²) >= 11 is 0. The van der Waals surface area contributed by atoms with Crippen LogP contribution >= 0.6 is 0 Å². The molecule has 22 rings (SSSR count). The first-order chi connectivity index (χ1) is 70.0. The zero-order valence-electron chi connectivity index (χ0n) is 83.0. The Balaban J connectivity index is 0.000000130. The number of carbonyl (C=O) groups is 12. The smallest absolute Gasteiger partial charge is 0.410 e. The van der Waals surface area contributed by atoms with Gasteiger partial charge < -0.3 is 98.7 Å². The number of hydrazine groups is 1. The van der Waals surface area contributed by atoms with E-state index in [0.29, 0.717) is 67.1 Å². The number of rotatable bonds is 31. The molecule has 145 heavy (non-hydrogen) atoms. The number of nitrogens with zero attached hydrogens (tertiary/aromatic N) is 10. The third kappa shape index (κ3) is 30.9. The Morgan fingerprint density at radius 3 is 1.15 bits per heavy atom. The van der Waals surface area contributed by atoms with Crippen LogP contribution in [-0.4, -0.2) is 272 Å². The molecule has 8 aliphatic carbocycles. The Bertz CT molecular complexity index is 5530. The summed E-state index contributed by atoms with van der Waals surface area (Å²) in [5, 5.41) is 60.9. The number of carboxylic acids is 3.